The topological polar surface area (TPSA) is 68.1 Å². The number of nitrogens with zero attached hydrogens (tertiary/aromatic N) is 2. The lowest BCUT2D eigenvalue weighted by Gasteiger charge is -2.02. The van der Waals surface area contributed by atoms with Gasteiger partial charge in [-0.1, -0.05) is 12.1 Å². The molecule has 5 nitrogen and oxygen atoms in total. The second-order valence-corrected chi connectivity index (χ2v) is 3.30. The van der Waals surface area contributed by atoms with Gasteiger partial charge >= 0.3 is 5.97 Å². The molecular weight excluding hydrogens is 220 g/mol. The number of hydrogen-bond donors (Lipinski definition) is 0. The van der Waals surface area contributed by atoms with Crippen LogP contribution in [0.25, 0.3) is 0 Å². The fraction of sp³-hybridized carbons (Fsp3) is 0.167. The van der Waals surface area contributed by atoms with Gasteiger partial charge in [-0.15, -0.1) is 0 Å². The summed E-state index contributed by atoms with van der Waals surface area (Å²) in [6.07, 6.45) is 1.06. The van der Waals surface area contributed by atoms with Crippen molar-refractivity contribution in [2.45, 2.75) is 6.92 Å². The normalized spacial score (nSPS) is 15.8. The largest absolute Gasteiger partial charge is 0.463 e. The van der Waals surface area contributed by atoms with Crippen LogP contribution < -0.4 is 10.7 Å². The van der Waals surface area contributed by atoms with Crippen LogP contribution in [-0.2, 0) is 14.3 Å². The fourth-order valence-corrected chi connectivity index (χ4v) is 1.39. The maximum atomic E-state index is 11.6. The maximum Gasteiger partial charge on any atom is 0.333 e. The van der Waals surface area contributed by atoms with Gasteiger partial charge in [-0.2, -0.15) is 0 Å². The summed E-state index contributed by atoms with van der Waals surface area (Å²) in [4.78, 5) is 30.7. The minimum atomic E-state index is -0.589. The standard InChI is InChI=1S/C12H10N2O3/c1-2-17-11(15)7-10-12(16)14-9-6-4-3-5-8(9)13-10/h3-7H,2H2,1H3/b10-7-. The van der Waals surface area contributed by atoms with Gasteiger partial charge in [-0.3, -0.25) is 4.79 Å². The van der Waals surface area contributed by atoms with Crippen molar-refractivity contribution in [2.75, 3.05) is 6.61 Å². The van der Waals surface area contributed by atoms with E-state index in [2.05, 4.69) is 9.98 Å². The Hall–Kier alpha value is -2.30. The second-order valence-electron chi connectivity index (χ2n) is 3.30. The molecule has 0 aliphatic carbocycles. The van der Waals surface area contributed by atoms with Gasteiger partial charge in [0.15, 0.2) is 0 Å². The van der Waals surface area contributed by atoms with Gasteiger partial charge in [0, 0.05) is 0 Å². The van der Waals surface area contributed by atoms with E-state index >= 15 is 0 Å². The highest BCUT2D eigenvalue weighted by Gasteiger charge is 2.13. The zero-order chi connectivity index (χ0) is 12.3. The smallest absolute Gasteiger partial charge is 0.333 e. The van der Waals surface area contributed by atoms with E-state index < -0.39 is 11.9 Å². The van der Waals surface area contributed by atoms with E-state index in [4.69, 9.17) is 4.74 Å². The third-order valence-electron chi connectivity index (χ3n) is 2.10. The number of carbonyl (C=O) groups excluding carboxylic acids is 2. The molecule has 0 aromatic heterocycles. The molecule has 17 heavy (non-hydrogen) atoms. The number of rotatable bonds is 2. The van der Waals surface area contributed by atoms with E-state index in [1.54, 1.807) is 31.2 Å². The summed E-state index contributed by atoms with van der Waals surface area (Å²) >= 11 is 0. The monoisotopic (exact) mass is 230 g/mol. The molecule has 2 rings (SSSR count). The molecule has 0 fully saturated rings. The lowest BCUT2D eigenvalue weighted by molar-refractivity contribution is -0.137. The predicted molar refractivity (Wildman–Crippen MR) is 58.5 cm³/mol. The zero-order valence-corrected chi connectivity index (χ0v) is 9.21. The summed E-state index contributed by atoms with van der Waals surface area (Å²) in [5.41, 5.74) is 0.00199. The first-order valence-electron chi connectivity index (χ1n) is 5.16. The summed E-state index contributed by atoms with van der Waals surface area (Å²) < 4.78 is 4.71. The number of ether oxygens (including phenoxy) is 1. The van der Waals surface area contributed by atoms with Crippen LogP contribution >= 0.6 is 0 Å². The minimum Gasteiger partial charge on any atom is -0.463 e. The number of benzene rings is 1. The number of esters is 1. The summed E-state index contributed by atoms with van der Waals surface area (Å²) in [5.74, 6) is -1.12. The number of para-hydroxylation sites is 2. The lowest BCUT2D eigenvalue weighted by Crippen LogP contribution is -2.30. The van der Waals surface area contributed by atoms with Crippen LogP contribution in [-0.4, -0.2) is 18.5 Å². The van der Waals surface area contributed by atoms with Crippen LogP contribution in [0.1, 0.15) is 6.92 Å². The van der Waals surface area contributed by atoms with E-state index in [1.807, 2.05) is 0 Å². The Bertz CT molecular complexity index is 617. The molecule has 1 amide bonds. The molecule has 0 bridgehead atoms. The highest BCUT2D eigenvalue weighted by molar-refractivity contribution is 5.99. The molecule has 1 aliphatic heterocycles. The fourth-order valence-electron chi connectivity index (χ4n) is 1.39. The van der Waals surface area contributed by atoms with Crippen molar-refractivity contribution in [3.05, 3.63) is 46.8 Å². The Balaban J connectivity index is 2.44. The zero-order valence-electron chi connectivity index (χ0n) is 9.21. The Morgan fingerprint density at radius 3 is 2.59 bits per heavy atom. The van der Waals surface area contributed by atoms with Gasteiger partial charge in [0.1, 0.15) is 5.70 Å². The molecule has 1 aliphatic rings. The van der Waals surface area contributed by atoms with E-state index in [-0.39, 0.29) is 12.3 Å². The van der Waals surface area contributed by atoms with Gasteiger partial charge in [-0.25, -0.2) is 14.8 Å². The molecule has 0 saturated carbocycles. The number of carbonyl (C=O) groups is 2. The highest BCUT2D eigenvalue weighted by atomic mass is 16.5. The van der Waals surface area contributed by atoms with E-state index in [0.29, 0.717) is 10.7 Å². The molecule has 1 aromatic rings. The Kier molecular flexibility index (Phi) is 3.09. The molecule has 0 radical (unpaired) electrons. The van der Waals surface area contributed by atoms with Gasteiger partial charge in [0.05, 0.1) is 23.4 Å². The average Bonchev–Trinajstić information content (AvgIpc) is 2.30. The molecule has 1 aromatic carbocycles. The Morgan fingerprint density at radius 2 is 1.94 bits per heavy atom. The van der Waals surface area contributed by atoms with Gasteiger partial charge < -0.3 is 4.74 Å². The number of amides is 1. The molecule has 1 heterocycles. The van der Waals surface area contributed by atoms with Gasteiger partial charge in [-0.05, 0) is 19.1 Å². The van der Waals surface area contributed by atoms with Crippen LogP contribution in [0.5, 0.6) is 0 Å². The lowest BCUT2D eigenvalue weighted by atomic mass is 10.3. The summed E-state index contributed by atoms with van der Waals surface area (Å²) in [5, 5.41) is 1.08. The van der Waals surface area contributed by atoms with Crippen LogP contribution in [0.15, 0.2) is 46.0 Å². The quantitative estimate of drug-likeness (QED) is 0.527. The number of hydrogen-bond acceptors (Lipinski definition) is 4. The molecule has 0 unspecified atom stereocenters. The van der Waals surface area contributed by atoms with Crippen LogP contribution in [0, 0.1) is 0 Å². The van der Waals surface area contributed by atoms with Crippen molar-refractivity contribution in [1.29, 1.82) is 0 Å². The molecule has 0 N–H and O–H groups in total. The Morgan fingerprint density at radius 1 is 1.29 bits per heavy atom. The minimum absolute atomic E-state index is 0.00199. The van der Waals surface area contributed by atoms with Crippen LogP contribution in [0.3, 0.4) is 0 Å². The van der Waals surface area contributed by atoms with Crippen molar-refractivity contribution >= 4 is 11.9 Å². The van der Waals surface area contributed by atoms with Gasteiger partial charge in [0.2, 0.25) is 0 Å². The Labute approximate surface area is 97.2 Å². The van der Waals surface area contributed by atoms with E-state index in [1.165, 1.54) is 0 Å². The maximum absolute atomic E-state index is 11.6. The molecule has 5 heteroatoms. The number of fused-ring (bicyclic) bond motifs is 1. The SMILES string of the molecule is CCOC(=O)/C=C1\N=c2ccccc2=NC1=O. The first-order chi connectivity index (χ1) is 8.20. The van der Waals surface area contributed by atoms with Crippen molar-refractivity contribution < 1.29 is 14.3 Å². The predicted octanol–water partition coefficient (Wildman–Crippen LogP) is -0.0870. The molecule has 0 atom stereocenters. The van der Waals surface area contributed by atoms with Crippen LogP contribution in [0.2, 0.25) is 0 Å². The highest BCUT2D eigenvalue weighted by Crippen LogP contribution is 2.01. The van der Waals surface area contributed by atoms with Crippen LogP contribution in [0.4, 0.5) is 0 Å². The molecule has 86 valence electrons. The average molecular weight is 230 g/mol. The third-order valence-corrected chi connectivity index (χ3v) is 2.10. The summed E-state index contributed by atoms with van der Waals surface area (Å²) in [6.45, 7) is 1.94. The van der Waals surface area contributed by atoms with Crippen molar-refractivity contribution in [3.8, 4) is 0 Å². The van der Waals surface area contributed by atoms with Crippen molar-refractivity contribution in [3.63, 3.8) is 0 Å². The van der Waals surface area contributed by atoms with Crippen molar-refractivity contribution in [2.24, 2.45) is 9.98 Å². The summed E-state index contributed by atoms with van der Waals surface area (Å²) in [7, 11) is 0. The van der Waals surface area contributed by atoms with E-state index in [9.17, 15) is 9.59 Å². The third kappa shape index (κ3) is 2.44. The molecular formula is C12H10N2O3. The van der Waals surface area contributed by atoms with E-state index in [0.717, 1.165) is 6.08 Å². The van der Waals surface area contributed by atoms with Crippen molar-refractivity contribution in [1.82, 2.24) is 0 Å². The first-order valence-corrected chi connectivity index (χ1v) is 5.16. The van der Waals surface area contributed by atoms with Gasteiger partial charge in [0.25, 0.3) is 5.91 Å². The molecule has 0 saturated heterocycles. The second kappa shape index (κ2) is 4.69. The molecule has 0 spiro atoms. The first kappa shape index (κ1) is 11.2. The summed E-state index contributed by atoms with van der Waals surface area (Å²) in [6, 6.07) is 6.98.